The van der Waals surface area contributed by atoms with Crippen LogP contribution < -0.4 is 45.3 Å². The topological polar surface area (TPSA) is 171 Å². The summed E-state index contributed by atoms with van der Waals surface area (Å²) in [4.78, 5) is 54.0. The molecule has 0 heterocycles. The maximum absolute atomic E-state index is 10.9. The van der Waals surface area contributed by atoms with Gasteiger partial charge >= 0.3 is 47.5 Å². The SMILES string of the molecule is BrCc1ccccc1.CC.CC.CC(=O)NC(Cc1ccccc1)C(=O)O.CC[O-].COC(=O)C(NC(C)=O)C(=O)OC.[Na+]. The number of ether oxygens (including phenoxy) is 2. The number of rotatable bonds is 8. The summed E-state index contributed by atoms with van der Waals surface area (Å²) in [5, 5.41) is 23.2. The Hall–Kier alpha value is -2.77. The number of carbonyl (C=O) groups excluding carboxylic acids is 4. The normalized spacial score (nSPS) is 9.09. The summed E-state index contributed by atoms with van der Waals surface area (Å²) in [6, 6.07) is 17.2. The maximum Gasteiger partial charge on any atom is 1.00 e. The summed E-state index contributed by atoms with van der Waals surface area (Å²) in [5.74, 6) is -3.59. The first-order chi connectivity index (χ1) is 20.5. The summed E-state index contributed by atoms with van der Waals surface area (Å²) in [5.41, 5.74) is 2.21. The van der Waals surface area contributed by atoms with Crippen LogP contribution in [0.15, 0.2) is 60.7 Å². The first-order valence-electron chi connectivity index (χ1n) is 13.6. The van der Waals surface area contributed by atoms with Crippen molar-refractivity contribution in [1.29, 1.82) is 0 Å². The zero-order valence-corrected chi connectivity index (χ0v) is 31.2. The van der Waals surface area contributed by atoms with E-state index in [9.17, 15) is 24.0 Å². The molecule has 0 aliphatic rings. The van der Waals surface area contributed by atoms with Gasteiger partial charge in [0.25, 0.3) is 0 Å². The first-order valence-corrected chi connectivity index (χ1v) is 14.7. The van der Waals surface area contributed by atoms with Crippen LogP contribution in [0.4, 0.5) is 0 Å². The van der Waals surface area contributed by atoms with Gasteiger partial charge in [-0.05, 0) is 11.1 Å². The molecule has 1 atom stereocenters. The summed E-state index contributed by atoms with van der Waals surface area (Å²) in [7, 11) is 2.22. The number of esters is 2. The molecule has 2 aromatic rings. The van der Waals surface area contributed by atoms with Crippen molar-refractivity contribution in [2.45, 2.75) is 72.3 Å². The molecule has 0 spiro atoms. The molecule has 0 aromatic heterocycles. The van der Waals surface area contributed by atoms with Gasteiger partial charge in [-0.2, -0.15) is 0 Å². The van der Waals surface area contributed by atoms with Gasteiger partial charge in [-0.1, -0.05) is 111 Å². The fourth-order valence-corrected chi connectivity index (χ4v) is 2.89. The number of aliphatic carboxylic acids is 1. The smallest absolute Gasteiger partial charge is 0.855 e. The number of benzene rings is 2. The molecule has 0 radical (unpaired) electrons. The molecule has 2 aromatic carbocycles. The van der Waals surface area contributed by atoms with Crippen LogP contribution in [-0.4, -0.2) is 67.7 Å². The Labute approximate surface area is 292 Å². The average molecular weight is 696 g/mol. The van der Waals surface area contributed by atoms with Crippen molar-refractivity contribution in [3.63, 3.8) is 0 Å². The molecule has 2 amide bonds. The van der Waals surface area contributed by atoms with E-state index in [1.807, 2.05) is 76.2 Å². The van der Waals surface area contributed by atoms with Crippen LogP contribution in [0.5, 0.6) is 0 Å². The van der Waals surface area contributed by atoms with E-state index in [4.69, 9.17) is 10.2 Å². The van der Waals surface area contributed by atoms with Gasteiger partial charge in [-0.25, -0.2) is 14.4 Å². The Morgan fingerprint density at radius 1 is 0.773 bits per heavy atom. The Kier molecular flexibility index (Phi) is 42.1. The number of halogens is 1. The molecule has 1 unspecified atom stereocenters. The fraction of sp³-hybridized carbons (Fsp3) is 0.452. The monoisotopic (exact) mass is 694 g/mol. The number of carboxylic acid groups (broad SMARTS) is 1. The predicted molar refractivity (Wildman–Crippen MR) is 169 cm³/mol. The number of nitrogens with one attached hydrogen (secondary N) is 2. The molecule has 44 heavy (non-hydrogen) atoms. The predicted octanol–water partition coefficient (Wildman–Crippen LogP) is 0.660. The molecule has 2 rings (SSSR count). The standard InChI is InChI=1S/C11H13NO3.C7H7Br.C7H11NO5.C2H5O.2C2H6.Na/c1-8(13)12-10(11(14)15)7-9-5-3-2-4-6-9;8-6-7-4-2-1-3-5-7;1-4(9)8-5(6(10)12-2)7(11)13-3;1-2-3;2*1-2;/h2-6,10H,7H2,1H3,(H,12,13)(H,14,15);1-5H,6H2;5H,1-3H3,(H,8,9);2H2,1H3;2*1-2H3;/q;;;-1;;;+1. The molecule has 244 valence electrons. The van der Waals surface area contributed by atoms with E-state index >= 15 is 0 Å². The van der Waals surface area contributed by atoms with Crippen LogP contribution in [0.3, 0.4) is 0 Å². The third kappa shape index (κ3) is 30.7. The van der Waals surface area contributed by atoms with Gasteiger partial charge in [0, 0.05) is 25.6 Å². The number of hydrogen-bond donors (Lipinski definition) is 3. The van der Waals surface area contributed by atoms with Crippen LogP contribution in [0.1, 0.15) is 59.6 Å². The number of carboxylic acids is 1. The van der Waals surface area contributed by atoms with E-state index in [1.165, 1.54) is 19.4 Å². The first kappa shape index (κ1) is 50.8. The Morgan fingerprint density at radius 2 is 1.11 bits per heavy atom. The van der Waals surface area contributed by atoms with Crippen molar-refractivity contribution in [1.82, 2.24) is 10.6 Å². The Morgan fingerprint density at radius 3 is 1.36 bits per heavy atom. The quantitative estimate of drug-likeness (QED) is 0.155. The third-order valence-corrected chi connectivity index (χ3v) is 4.82. The molecule has 0 bridgehead atoms. The number of methoxy groups -OCH3 is 2. The van der Waals surface area contributed by atoms with Gasteiger partial charge in [0.1, 0.15) is 6.04 Å². The van der Waals surface area contributed by atoms with Crippen molar-refractivity contribution >= 4 is 45.7 Å². The van der Waals surface area contributed by atoms with Crippen molar-refractivity contribution in [2.75, 3.05) is 20.8 Å². The summed E-state index contributed by atoms with van der Waals surface area (Å²) in [6.45, 7) is 12.1. The van der Waals surface area contributed by atoms with Gasteiger partial charge in [-0.15, -0.1) is 6.61 Å². The maximum atomic E-state index is 10.9. The molecule has 0 aliphatic heterocycles. The average Bonchev–Trinajstić information content (AvgIpc) is 3.02. The van der Waals surface area contributed by atoms with E-state index < -0.39 is 35.9 Å². The van der Waals surface area contributed by atoms with Crippen LogP contribution in [0.2, 0.25) is 0 Å². The zero-order valence-electron chi connectivity index (χ0n) is 27.6. The van der Waals surface area contributed by atoms with Crippen LogP contribution in [0.25, 0.3) is 0 Å². The van der Waals surface area contributed by atoms with Crippen molar-refractivity contribution in [3.05, 3.63) is 71.8 Å². The second-order valence-electron chi connectivity index (χ2n) is 7.37. The number of carbonyl (C=O) groups is 5. The van der Waals surface area contributed by atoms with E-state index in [0.717, 1.165) is 25.1 Å². The van der Waals surface area contributed by atoms with Crippen LogP contribution in [0, 0.1) is 0 Å². The molecule has 11 nitrogen and oxygen atoms in total. The van der Waals surface area contributed by atoms with Gasteiger partial charge in [-0.3, -0.25) is 9.59 Å². The molecular formula is C31H48BrN2NaO9. The summed E-state index contributed by atoms with van der Waals surface area (Å²) < 4.78 is 8.56. The molecule has 0 aliphatic carbocycles. The van der Waals surface area contributed by atoms with Gasteiger partial charge in [0.2, 0.25) is 17.9 Å². The van der Waals surface area contributed by atoms with Gasteiger partial charge < -0.3 is 30.3 Å². The van der Waals surface area contributed by atoms with E-state index in [-0.39, 0.29) is 42.1 Å². The number of alkyl halides is 1. The minimum absolute atomic E-state index is 0. The van der Waals surface area contributed by atoms with Crippen molar-refractivity contribution < 1.29 is 73.2 Å². The summed E-state index contributed by atoms with van der Waals surface area (Å²) >= 11 is 3.36. The fourth-order valence-electron chi connectivity index (χ4n) is 2.52. The second-order valence-corrected chi connectivity index (χ2v) is 7.93. The van der Waals surface area contributed by atoms with Crippen LogP contribution in [-0.2, 0) is 45.2 Å². The van der Waals surface area contributed by atoms with E-state index in [2.05, 4.69) is 48.2 Å². The summed E-state index contributed by atoms with van der Waals surface area (Å²) in [6.07, 6.45) is 0.301. The minimum Gasteiger partial charge on any atom is -0.855 e. The van der Waals surface area contributed by atoms with Crippen molar-refractivity contribution in [2.24, 2.45) is 0 Å². The van der Waals surface area contributed by atoms with Crippen molar-refractivity contribution in [3.8, 4) is 0 Å². The third-order valence-electron chi connectivity index (χ3n) is 4.18. The van der Waals surface area contributed by atoms with Gasteiger partial charge in [0.05, 0.1) is 14.2 Å². The largest absolute Gasteiger partial charge is 1.00 e. The molecule has 13 heteroatoms. The second kappa shape index (κ2) is 36.4. The number of hydrogen-bond acceptors (Lipinski definition) is 8. The minimum atomic E-state index is -1.38. The molecule has 3 N–H and O–H groups in total. The van der Waals surface area contributed by atoms with E-state index in [0.29, 0.717) is 6.42 Å². The number of amides is 2. The molecular weight excluding hydrogens is 647 g/mol. The Balaban J connectivity index is -0.000000159. The van der Waals surface area contributed by atoms with E-state index in [1.54, 1.807) is 6.92 Å². The molecule has 0 saturated heterocycles. The Bertz CT molecular complexity index is 982. The zero-order chi connectivity index (χ0) is 34.2. The molecule has 0 fully saturated rings. The molecule has 0 saturated carbocycles. The van der Waals surface area contributed by atoms with Gasteiger partial charge in [0.15, 0.2) is 0 Å². The van der Waals surface area contributed by atoms with Crippen LogP contribution >= 0.6 is 15.9 Å².